The first kappa shape index (κ1) is 14.3. The molecule has 1 amide bonds. The van der Waals surface area contributed by atoms with Crippen molar-refractivity contribution in [2.75, 3.05) is 6.54 Å². The summed E-state index contributed by atoms with van der Waals surface area (Å²) in [5, 5.41) is 22.6. The van der Waals surface area contributed by atoms with Gasteiger partial charge in [-0.25, -0.2) is 0 Å². The molecule has 0 bridgehead atoms. The minimum Gasteiger partial charge on any atom is -0.466 e. The Kier molecular flexibility index (Phi) is 4.22. The van der Waals surface area contributed by atoms with Gasteiger partial charge in [0.25, 0.3) is 5.91 Å². The Morgan fingerprint density at radius 1 is 1.30 bits per heavy atom. The fraction of sp³-hybridized carbons (Fsp3) is 0.267. The highest BCUT2D eigenvalue weighted by molar-refractivity contribution is 5.81. The second kappa shape index (κ2) is 5.90. The standard InChI is InChI=1S/C15H17NO4/c1-15(19,12-8-5-9-20-12)10-16-14(18)13(17)11-6-3-2-4-7-11/h2-9,13,17,19H,10H2,1H3,(H,16,18). The Bertz CT molecular complexity index is 549. The molecule has 0 saturated heterocycles. The molecule has 2 aromatic rings. The van der Waals surface area contributed by atoms with Crippen LogP contribution >= 0.6 is 0 Å². The maximum absolute atomic E-state index is 11.9. The number of carbonyl (C=O) groups is 1. The van der Waals surface area contributed by atoms with Crippen molar-refractivity contribution < 1.29 is 19.4 Å². The summed E-state index contributed by atoms with van der Waals surface area (Å²) in [6.45, 7) is 1.48. The lowest BCUT2D eigenvalue weighted by molar-refractivity contribution is -0.131. The van der Waals surface area contributed by atoms with Gasteiger partial charge in [-0.3, -0.25) is 4.79 Å². The van der Waals surface area contributed by atoms with Crippen LogP contribution in [-0.4, -0.2) is 22.7 Å². The molecule has 2 unspecified atom stereocenters. The van der Waals surface area contributed by atoms with Gasteiger partial charge in [-0.05, 0) is 24.6 Å². The van der Waals surface area contributed by atoms with Crippen molar-refractivity contribution in [1.29, 1.82) is 0 Å². The van der Waals surface area contributed by atoms with Crippen molar-refractivity contribution >= 4 is 5.91 Å². The summed E-state index contributed by atoms with van der Waals surface area (Å²) < 4.78 is 5.11. The van der Waals surface area contributed by atoms with Crippen molar-refractivity contribution in [3.05, 3.63) is 60.1 Å². The lowest BCUT2D eigenvalue weighted by Gasteiger charge is -2.22. The second-order valence-electron chi connectivity index (χ2n) is 4.78. The van der Waals surface area contributed by atoms with Crippen molar-refractivity contribution in [3.8, 4) is 0 Å². The first-order valence-electron chi connectivity index (χ1n) is 6.28. The largest absolute Gasteiger partial charge is 0.466 e. The van der Waals surface area contributed by atoms with E-state index in [-0.39, 0.29) is 6.54 Å². The zero-order chi connectivity index (χ0) is 14.6. The van der Waals surface area contributed by atoms with E-state index >= 15 is 0 Å². The van der Waals surface area contributed by atoms with Gasteiger partial charge in [0.05, 0.1) is 12.8 Å². The van der Waals surface area contributed by atoms with E-state index in [1.165, 1.54) is 13.2 Å². The van der Waals surface area contributed by atoms with Gasteiger partial charge in [0.2, 0.25) is 0 Å². The summed E-state index contributed by atoms with van der Waals surface area (Å²) in [7, 11) is 0. The number of hydrogen-bond donors (Lipinski definition) is 3. The zero-order valence-electron chi connectivity index (χ0n) is 11.1. The third-order valence-corrected chi connectivity index (χ3v) is 3.02. The predicted octanol–water partition coefficient (Wildman–Crippen LogP) is 1.34. The van der Waals surface area contributed by atoms with Crippen LogP contribution in [0.2, 0.25) is 0 Å². The summed E-state index contributed by atoms with van der Waals surface area (Å²) in [4.78, 5) is 11.9. The predicted molar refractivity (Wildman–Crippen MR) is 72.7 cm³/mol. The lowest BCUT2D eigenvalue weighted by Crippen LogP contribution is -2.40. The maximum Gasteiger partial charge on any atom is 0.253 e. The molecule has 0 aliphatic carbocycles. The second-order valence-corrected chi connectivity index (χ2v) is 4.78. The first-order chi connectivity index (χ1) is 9.50. The van der Waals surface area contributed by atoms with E-state index < -0.39 is 17.6 Å². The van der Waals surface area contributed by atoms with Crippen LogP contribution in [0.5, 0.6) is 0 Å². The van der Waals surface area contributed by atoms with Crippen LogP contribution in [0.3, 0.4) is 0 Å². The molecule has 0 saturated carbocycles. The van der Waals surface area contributed by atoms with Crippen molar-refractivity contribution in [2.24, 2.45) is 0 Å². The Balaban J connectivity index is 1.96. The van der Waals surface area contributed by atoms with E-state index in [4.69, 9.17) is 4.42 Å². The van der Waals surface area contributed by atoms with E-state index in [2.05, 4.69) is 5.32 Å². The normalized spacial score (nSPS) is 15.3. The molecule has 1 aromatic heterocycles. The zero-order valence-corrected chi connectivity index (χ0v) is 11.1. The first-order valence-corrected chi connectivity index (χ1v) is 6.28. The monoisotopic (exact) mass is 275 g/mol. The van der Waals surface area contributed by atoms with Gasteiger partial charge < -0.3 is 19.9 Å². The highest BCUT2D eigenvalue weighted by Crippen LogP contribution is 2.20. The molecule has 5 heteroatoms. The number of amides is 1. The topological polar surface area (TPSA) is 82.7 Å². The van der Waals surface area contributed by atoms with Gasteiger partial charge in [0.1, 0.15) is 11.4 Å². The Morgan fingerprint density at radius 3 is 2.60 bits per heavy atom. The Labute approximate surface area is 116 Å². The summed E-state index contributed by atoms with van der Waals surface area (Å²) >= 11 is 0. The van der Waals surface area contributed by atoms with Crippen LogP contribution in [0.4, 0.5) is 0 Å². The molecule has 20 heavy (non-hydrogen) atoms. The molecule has 2 atom stereocenters. The quantitative estimate of drug-likeness (QED) is 0.769. The summed E-state index contributed by atoms with van der Waals surface area (Å²) in [6, 6.07) is 11.9. The van der Waals surface area contributed by atoms with Gasteiger partial charge >= 0.3 is 0 Å². The van der Waals surface area contributed by atoms with Crippen LogP contribution in [0.1, 0.15) is 24.4 Å². The van der Waals surface area contributed by atoms with Crippen LogP contribution in [0, 0.1) is 0 Å². The molecule has 1 heterocycles. The number of aliphatic hydroxyl groups is 2. The average Bonchev–Trinajstić information content (AvgIpc) is 3.00. The summed E-state index contributed by atoms with van der Waals surface area (Å²) in [5.74, 6) is -0.213. The average molecular weight is 275 g/mol. The molecule has 106 valence electrons. The number of furan rings is 1. The van der Waals surface area contributed by atoms with Crippen LogP contribution in [-0.2, 0) is 10.4 Å². The van der Waals surface area contributed by atoms with Gasteiger partial charge in [0.15, 0.2) is 6.10 Å². The minimum absolute atomic E-state index is 0.0523. The van der Waals surface area contributed by atoms with E-state index in [1.807, 2.05) is 0 Å². The number of aliphatic hydroxyl groups excluding tert-OH is 1. The highest BCUT2D eigenvalue weighted by Gasteiger charge is 2.28. The van der Waals surface area contributed by atoms with Crippen molar-refractivity contribution in [3.63, 3.8) is 0 Å². The molecular weight excluding hydrogens is 258 g/mol. The number of rotatable bonds is 5. The molecule has 3 N–H and O–H groups in total. The Hall–Kier alpha value is -2.11. The van der Waals surface area contributed by atoms with E-state index in [0.29, 0.717) is 11.3 Å². The van der Waals surface area contributed by atoms with Crippen LogP contribution in [0.15, 0.2) is 53.1 Å². The SMILES string of the molecule is CC(O)(CNC(=O)C(O)c1ccccc1)c1ccco1. The molecule has 1 aromatic carbocycles. The number of carbonyl (C=O) groups excluding carboxylic acids is 1. The fourth-order valence-corrected chi connectivity index (χ4v) is 1.81. The van der Waals surface area contributed by atoms with Gasteiger partial charge in [-0.1, -0.05) is 30.3 Å². The summed E-state index contributed by atoms with van der Waals surface area (Å²) in [6.07, 6.45) is 0.188. The molecule has 2 rings (SSSR count). The molecule has 5 nitrogen and oxygen atoms in total. The fourth-order valence-electron chi connectivity index (χ4n) is 1.81. The van der Waals surface area contributed by atoms with Gasteiger partial charge in [-0.15, -0.1) is 0 Å². The smallest absolute Gasteiger partial charge is 0.253 e. The van der Waals surface area contributed by atoms with Crippen molar-refractivity contribution in [2.45, 2.75) is 18.6 Å². The number of nitrogens with one attached hydrogen (secondary N) is 1. The number of benzene rings is 1. The van der Waals surface area contributed by atoms with E-state index in [9.17, 15) is 15.0 Å². The molecule has 0 radical (unpaired) electrons. The van der Waals surface area contributed by atoms with Crippen LogP contribution < -0.4 is 5.32 Å². The lowest BCUT2D eigenvalue weighted by atomic mass is 10.0. The third kappa shape index (κ3) is 3.26. The van der Waals surface area contributed by atoms with Crippen molar-refractivity contribution in [1.82, 2.24) is 5.32 Å². The van der Waals surface area contributed by atoms with Gasteiger partial charge in [0, 0.05) is 0 Å². The number of hydrogen-bond acceptors (Lipinski definition) is 4. The minimum atomic E-state index is -1.32. The third-order valence-electron chi connectivity index (χ3n) is 3.02. The maximum atomic E-state index is 11.9. The van der Waals surface area contributed by atoms with E-state index in [1.54, 1.807) is 42.5 Å². The molecule has 0 spiro atoms. The molecular formula is C15H17NO4. The molecule has 0 aliphatic heterocycles. The Morgan fingerprint density at radius 2 is 2.00 bits per heavy atom. The summed E-state index contributed by atoms with van der Waals surface area (Å²) in [5.41, 5.74) is -0.821. The molecule has 0 fully saturated rings. The molecule has 0 aliphatic rings. The highest BCUT2D eigenvalue weighted by atomic mass is 16.4. The van der Waals surface area contributed by atoms with Crippen LogP contribution in [0.25, 0.3) is 0 Å². The van der Waals surface area contributed by atoms with Gasteiger partial charge in [-0.2, -0.15) is 0 Å². The van der Waals surface area contributed by atoms with E-state index in [0.717, 1.165) is 0 Å².